The van der Waals surface area contributed by atoms with Gasteiger partial charge in [0.2, 0.25) is 11.8 Å². The van der Waals surface area contributed by atoms with Crippen molar-refractivity contribution in [2.75, 3.05) is 11.4 Å². The van der Waals surface area contributed by atoms with Crippen molar-refractivity contribution in [2.45, 2.75) is 19.9 Å². The van der Waals surface area contributed by atoms with Crippen molar-refractivity contribution in [1.29, 1.82) is 0 Å². The van der Waals surface area contributed by atoms with Crippen LogP contribution in [0.25, 0.3) is 0 Å². The number of amides is 2. The Morgan fingerprint density at radius 1 is 1.21 bits per heavy atom. The monoisotopic (exact) mass is 342 g/mol. The van der Waals surface area contributed by atoms with Crippen LogP contribution in [0.1, 0.15) is 17.5 Å². The highest BCUT2D eigenvalue weighted by atomic mass is 35.5. The molecule has 1 fully saturated rings. The number of hydrogen-bond donors (Lipinski definition) is 1. The van der Waals surface area contributed by atoms with E-state index in [-0.39, 0.29) is 24.2 Å². The van der Waals surface area contributed by atoms with Crippen molar-refractivity contribution in [2.24, 2.45) is 5.92 Å². The van der Waals surface area contributed by atoms with E-state index in [0.29, 0.717) is 18.1 Å². The third kappa shape index (κ3) is 3.60. The van der Waals surface area contributed by atoms with Crippen LogP contribution in [0.4, 0.5) is 5.69 Å². The van der Waals surface area contributed by atoms with E-state index in [1.54, 1.807) is 29.2 Å². The third-order valence-electron chi connectivity index (χ3n) is 4.35. The predicted octanol–water partition coefficient (Wildman–Crippen LogP) is 3.32. The fraction of sp³-hybridized carbons (Fsp3) is 0.263. The Kier molecular flexibility index (Phi) is 4.86. The van der Waals surface area contributed by atoms with E-state index in [0.717, 1.165) is 16.8 Å². The summed E-state index contributed by atoms with van der Waals surface area (Å²) in [5.41, 5.74) is 3.01. The molecule has 2 aromatic rings. The quantitative estimate of drug-likeness (QED) is 0.926. The number of nitrogens with zero attached hydrogens (tertiary/aromatic N) is 1. The van der Waals surface area contributed by atoms with Crippen LogP contribution in [0, 0.1) is 12.8 Å². The Morgan fingerprint density at radius 2 is 1.92 bits per heavy atom. The number of rotatable bonds is 4. The fourth-order valence-electron chi connectivity index (χ4n) is 2.89. The zero-order valence-corrected chi connectivity index (χ0v) is 14.2. The van der Waals surface area contributed by atoms with E-state index in [1.807, 2.05) is 31.2 Å². The molecule has 0 aliphatic carbocycles. The van der Waals surface area contributed by atoms with Gasteiger partial charge in [0.15, 0.2) is 0 Å². The second-order valence-corrected chi connectivity index (χ2v) is 6.46. The number of carbonyl (C=O) groups is 2. The molecule has 1 aliphatic rings. The summed E-state index contributed by atoms with van der Waals surface area (Å²) in [7, 11) is 0. The molecule has 5 heteroatoms. The smallest absolute Gasteiger partial charge is 0.227 e. The summed E-state index contributed by atoms with van der Waals surface area (Å²) in [6, 6.07) is 15.0. The maximum Gasteiger partial charge on any atom is 0.227 e. The Morgan fingerprint density at radius 3 is 2.62 bits per heavy atom. The Hall–Kier alpha value is -2.33. The van der Waals surface area contributed by atoms with E-state index in [4.69, 9.17) is 11.6 Å². The summed E-state index contributed by atoms with van der Waals surface area (Å²) >= 11 is 5.88. The predicted molar refractivity (Wildman–Crippen MR) is 94.9 cm³/mol. The molecule has 0 unspecified atom stereocenters. The van der Waals surface area contributed by atoms with Crippen molar-refractivity contribution in [3.63, 3.8) is 0 Å². The molecule has 0 radical (unpaired) electrons. The SMILES string of the molecule is Cc1ccccc1CNC(=O)[C@H]1CC(=O)N(c2ccc(Cl)cc2)C1. The third-order valence-corrected chi connectivity index (χ3v) is 4.60. The van der Waals surface area contributed by atoms with E-state index in [9.17, 15) is 9.59 Å². The molecule has 0 bridgehead atoms. The lowest BCUT2D eigenvalue weighted by Crippen LogP contribution is -2.32. The number of anilines is 1. The average molecular weight is 343 g/mol. The molecule has 4 nitrogen and oxygen atoms in total. The molecule has 1 N–H and O–H groups in total. The maximum absolute atomic E-state index is 12.4. The molecule has 0 saturated carbocycles. The lowest BCUT2D eigenvalue weighted by Gasteiger charge is -2.17. The summed E-state index contributed by atoms with van der Waals surface area (Å²) in [5, 5.41) is 3.57. The number of halogens is 1. The van der Waals surface area contributed by atoms with Crippen molar-refractivity contribution >= 4 is 29.1 Å². The zero-order chi connectivity index (χ0) is 17.1. The van der Waals surface area contributed by atoms with E-state index in [1.165, 1.54) is 0 Å². The molecule has 124 valence electrons. The first-order valence-electron chi connectivity index (χ1n) is 7.93. The van der Waals surface area contributed by atoms with Gasteiger partial charge in [-0.25, -0.2) is 0 Å². The Labute approximate surface area is 146 Å². The van der Waals surface area contributed by atoms with E-state index >= 15 is 0 Å². The summed E-state index contributed by atoms with van der Waals surface area (Å²) in [5.74, 6) is -0.436. The van der Waals surface area contributed by atoms with Gasteiger partial charge in [0, 0.05) is 30.2 Å². The highest BCUT2D eigenvalue weighted by molar-refractivity contribution is 6.30. The molecule has 1 heterocycles. The van der Waals surface area contributed by atoms with E-state index in [2.05, 4.69) is 5.32 Å². The molecule has 3 rings (SSSR count). The van der Waals surface area contributed by atoms with Crippen LogP contribution in [0.3, 0.4) is 0 Å². The van der Waals surface area contributed by atoms with Gasteiger partial charge in [0.1, 0.15) is 0 Å². The number of carbonyl (C=O) groups excluding carboxylic acids is 2. The first kappa shape index (κ1) is 16.5. The van der Waals surface area contributed by atoms with Crippen LogP contribution in [0.5, 0.6) is 0 Å². The van der Waals surface area contributed by atoms with Crippen LogP contribution in [0.2, 0.25) is 5.02 Å². The molecule has 24 heavy (non-hydrogen) atoms. The minimum atomic E-state index is -0.322. The van der Waals surface area contributed by atoms with Gasteiger partial charge in [-0.05, 0) is 42.3 Å². The second kappa shape index (κ2) is 7.05. The first-order valence-corrected chi connectivity index (χ1v) is 8.30. The van der Waals surface area contributed by atoms with Crippen molar-refractivity contribution in [3.8, 4) is 0 Å². The Bertz CT molecular complexity index is 758. The normalized spacial score (nSPS) is 17.2. The summed E-state index contributed by atoms with van der Waals surface area (Å²) in [6.45, 7) is 2.90. The minimum Gasteiger partial charge on any atom is -0.352 e. The number of hydrogen-bond acceptors (Lipinski definition) is 2. The van der Waals surface area contributed by atoms with Gasteiger partial charge in [0.05, 0.1) is 5.92 Å². The molecular formula is C19H19ClN2O2. The molecular weight excluding hydrogens is 324 g/mol. The molecule has 1 aliphatic heterocycles. The van der Waals surface area contributed by atoms with Gasteiger partial charge >= 0.3 is 0 Å². The topological polar surface area (TPSA) is 49.4 Å². The van der Waals surface area contributed by atoms with Gasteiger partial charge in [-0.15, -0.1) is 0 Å². The van der Waals surface area contributed by atoms with Crippen molar-refractivity contribution < 1.29 is 9.59 Å². The van der Waals surface area contributed by atoms with Gasteiger partial charge in [-0.1, -0.05) is 35.9 Å². The zero-order valence-electron chi connectivity index (χ0n) is 13.5. The molecule has 1 atom stereocenters. The molecule has 0 spiro atoms. The van der Waals surface area contributed by atoms with Gasteiger partial charge in [-0.2, -0.15) is 0 Å². The minimum absolute atomic E-state index is 0.0339. The lowest BCUT2D eigenvalue weighted by atomic mass is 10.1. The van der Waals surface area contributed by atoms with Gasteiger partial charge in [0.25, 0.3) is 0 Å². The van der Waals surface area contributed by atoms with E-state index < -0.39 is 0 Å². The molecule has 2 amide bonds. The fourth-order valence-corrected chi connectivity index (χ4v) is 3.01. The maximum atomic E-state index is 12.4. The summed E-state index contributed by atoms with van der Waals surface area (Å²) in [6.07, 6.45) is 0.238. The number of benzene rings is 2. The van der Waals surface area contributed by atoms with Gasteiger partial charge in [-0.3, -0.25) is 9.59 Å². The second-order valence-electron chi connectivity index (χ2n) is 6.03. The molecule has 2 aromatic carbocycles. The summed E-state index contributed by atoms with van der Waals surface area (Å²) in [4.78, 5) is 26.3. The van der Waals surface area contributed by atoms with Crippen LogP contribution in [-0.4, -0.2) is 18.4 Å². The van der Waals surface area contributed by atoms with Crippen LogP contribution >= 0.6 is 11.6 Å². The highest BCUT2D eigenvalue weighted by Gasteiger charge is 2.34. The van der Waals surface area contributed by atoms with Crippen LogP contribution in [-0.2, 0) is 16.1 Å². The van der Waals surface area contributed by atoms with Crippen molar-refractivity contribution in [1.82, 2.24) is 5.32 Å². The van der Waals surface area contributed by atoms with Crippen LogP contribution in [0.15, 0.2) is 48.5 Å². The van der Waals surface area contributed by atoms with Crippen LogP contribution < -0.4 is 10.2 Å². The Balaban J connectivity index is 1.62. The van der Waals surface area contributed by atoms with Crippen molar-refractivity contribution in [3.05, 3.63) is 64.7 Å². The number of nitrogens with one attached hydrogen (secondary N) is 1. The first-order chi connectivity index (χ1) is 11.5. The highest BCUT2D eigenvalue weighted by Crippen LogP contribution is 2.26. The largest absolute Gasteiger partial charge is 0.352 e. The molecule has 0 aromatic heterocycles. The average Bonchev–Trinajstić information content (AvgIpc) is 2.96. The standard InChI is InChI=1S/C19H19ClN2O2/c1-13-4-2-3-5-14(13)11-21-19(24)15-10-18(23)22(12-15)17-8-6-16(20)7-9-17/h2-9,15H,10-12H2,1H3,(H,21,24)/t15-/m0/s1. The molecule has 1 saturated heterocycles. The lowest BCUT2D eigenvalue weighted by molar-refractivity contribution is -0.126. The summed E-state index contributed by atoms with van der Waals surface area (Å²) < 4.78 is 0. The number of aryl methyl sites for hydroxylation is 1. The van der Waals surface area contributed by atoms with Gasteiger partial charge < -0.3 is 10.2 Å².